The number of rotatable bonds is 2. The topological polar surface area (TPSA) is 22.1 Å². The average molecular weight is 247 g/mol. The van der Waals surface area contributed by atoms with Gasteiger partial charge < -0.3 is 4.74 Å². The van der Waals surface area contributed by atoms with E-state index in [2.05, 4.69) is 38.9 Å². The lowest BCUT2D eigenvalue weighted by Crippen LogP contribution is -2.17. The number of hydrogen-bond acceptors (Lipinski definition) is 2. The third-order valence-corrected chi connectivity index (χ3v) is 3.96. The highest BCUT2D eigenvalue weighted by Gasteiger charge is 2.24. The van der Waals surface area contributed by atoms with Crippen molar-refractivity contribution in [1.29, 1.82) is 0 Å². The summed E-state index contributed by atoms with van der Waals surface area (Å²) in [6.07, 6.45) is 6.46. The molecule has 1 aliphatic heterocycles. The van der Waals surface area contributed by atoms with Crippen LogP contribution in [0.2, 0.25) is 0 Å². The van der Waals surface area contributed by atoms with Crippen molar-refractivity contribution >= 4 is 0 Å². The summed E-state index contributed by atoms with van der Waals surface area (Å²) in [5, 5.41) is 0. The number of fused-ring (bicyclic) bond motifs is 1. The Hall–Kier alpha value is -0.890. The number of aromatic nitrogens is 1. The van der Waals surface area contributed by atoms with Crippen LogP contribution in [-0.4, -0.2) is 11.6 Å². The van der Waals surface area contributed by atoms with Crippen molar-refractivity contribution in [3.63, 3.8) is 0 Å². The molecule has 2 heteroatoms. The Morgan fingerprint density at radius 2 is 2.00 bits per heavy atom. The number of ether oxygens (including phenoxy) is 1. The van der Waals surface area contributed by atoms with E-state index in [1.165, 1.54) is 29.5 Å². The molecule has 2 rings (SSSR count). The van der Waals surface area contributed by atoms with Crippen LogP contribution in [0.4, 0.5) is 0 Å². The lowest BCUT2D eigenvalue weighted by molar-refractivity contribution is 0.107. The van der Waals surface area contributed by atoms with E-state index in [-0.39, 0.29) is 0 Å². The highest BCUT2D eigenvalue weighted by atomic mass is 16.5. The van der Waals surface area contributed by atoms with E-state index >= 15 is 0 Å². The van der Waals surface area contributed by atoms with Gasteiger partial charge in [0.25, 0.3) is 0 Å². The minimum absolute atomic E-state index is 0.535. The summed E-state index contributed by atoms with van der Waals surface area (Å²) in [6, 6.07) is 0. The molecule has 0 bridgehead atoms. The zero-order chi connectivity index (χ0) is 13.1. The molecule has 0 saturated heterocycles. The van der Waals surface area contributed by atoms with Crippen LogP contribution in [0.15, 0.2) is 12.4 Å². The summed E-state index contributed by atoms with van der Waals surface area (Å²) in [6.45, 7) is 10.8. The summed E-state index contributed by atoms with van der Waals surface area (Å²) in [4.78, 5) is 4.41. The van der Waals surface area contributed by atoms with Gasteiger partial charge in [-0.2, -0.15) is 0 Å². The Labute approximate surface area is 111 Å². The number of nitrogens with zero attached hydrogens (tertiary/aromatic N) is 1. The van der Waals surface area contributed by atoms with Crippen molar-refractivity contribution in [2.24, 2.45) is 5.92 Å². The van der Waals surface area contributed by atoms with Crippen molar-refractivity contribution in [1.82, 2.24) is 4.98 Å². The Bertz CT molecular complexity index is 398. The van der Waals surface area contributed by atoms with Gasteiger partial charge in [0.1, 0.15) is 0 Å². The molecule has 0 aromatic carbocycles. The van der Waals surface area contributed by atoms with Gasteiger partial charge in [-0.3, -0.25) is 4.98 Å². The molecule has 1 aliphatic rings. The van der Waals surface area contributed by atoms with Gasteiger partial charge in [-0.15, -0.1) is 0 Å². The highest BCUT2D eigenvalue weighted by Crippen LogP contribution is 2.37. The zero-order valence-electron chi connectivity index (χ0n) is 12.1. The lowest BCUT2D eigenvalue weighted by atomic mass is 9.78. The van der Waals surface area contributed by atoms with Gasteiger partial charge in [-0.05, 0) is 47.3 Å². The maximum Gasteiger partial charge on any atom is 0.0734 e. The molecule has 0 saturated carbocycles. The van der Waals surface area contributed by atoms with E-state index in [1.54, 1.807) is 0 Å². The van der Waals surface area contributed by atoms with Crippen LogP contribution in [0.1, 0.15) is 69.1 Å². The van der Waals surface area contributed by atoms with E-state index in [4.69, 9.17) is 4.74 Å². The molecule has 0 N–H and O–H groups in total. The predicted molar refractivity (Wildman–Crippen MR) is 74.8 cm³/mol. The molecule has 1 atom stereocenters. The zero-order valence-corrected chi connectivity index (χ0v) is 12.1. The van der Waals surface area contributed by atoms with Crippen LogP contribution in [-0.2, 0) is 11.3 Å². The van der Waals surface area contributed by atoms with Gasteiger partial charge in [-0.25, -0.2) is 0 Å². The molecule has 0 spiro atoms. The molecule has 18 heavy (non-hydrogen) atoms. The van der Waals surface area contributed by atoms with E-state index < -0.39 is 0 Å². The molecule has 0 fully saturated rings. The molecule has 2 nitrogen and oxygen atoms in total. The first kappa shape index (κ1) is 13.5. The minimum atomic E-state index is 0.535. The van der Waals surface area contributed by atoms with Crippen LogP contribution >= 0.6 is 0 Å². The van der Waals surface area contributed by atoms with Crippen molar-refractivity contribution in [3.05, 3.63) is 29.1 Å². The van der Waals surface area contributed by atoms with Crippen LogP contribution < -0.4 is 0 Å². The smallest absolute Gasteiger partial charge is 0.0734 e. The normalized spacial score (nSPS) is 20.7. The van der Waals surface area contributed by atoms with Crippen molar-refractivity contribution in [2.45, 2.75) is 59.0 Å². The lowest BCUT2D eigenvalue weighted by Gasteiger charge is -2.29. The first-order valence-electron chi connectivity index (χ1n) is 7.15. The van der Waals surface area contributed by atoms with Crippen LogP contribution in [0.5, 0.6) is 0 Å². The van der Waals surface area contributed by atoms with E-state index in [0.717, 1.165) is 13.2 Å². The average Bonchev–Trinajstić information content (AvgIpc) is 2.28. The third-order valence-electron chi connectivity index (χ3n) is 3.96. The van der Waals surface area contributed by atoms with Crippen LogP contribution in [0.3, 0.4) is 0 Å². The molecule has 1 unspecified atom stereocenters. The second kappa shape index (κ2) is 5.83. The minimum Gasteiger partial charge on any atom is -0.377 e. The van der Waals surface area contributed by atoms with E-state index in [0.29, 0.717) is 17.8 Å². The SMILES string of the molecule is CC(C)c1cncc2c1C(C(C)C)CCCOC2. The molecule has 2 heterocycles. The summed E-state index contributed by atoms with van der Waals surface area (Å²) in [7, 11) is 0. The summed E-state index contributed by atoms with van der Waals surface area (Å²) in [5.41, 5.74) is 4.24. The molecule has 100 valence electrons. The second-order valence-electron chi connectivity index (χ2n) is 6.00. The molecule has 1 aromatic heterocycles. The predicted octanol–water partition coefficient (Wildman–Crippen LogP) is 4.26. The van der Waals surface area contributed by atoms with Crippen LogP contribution in [0, 0.1) is 5.92 Å². The van der Waals surface area contributed by atoms with Gasteiger partial charge in [0.2, 0.25) is 0 Å². The maximum atomic E-state index is 5.72. The summed E-state index contributed by atoms with van der Waals surface area (Å²) >= 11 is 0. The van der Waals surface area contributed by atoms with Gasteiger partial charge in [-0.1, -0.05) is 27.7 Å². The quantitative estimate of drug-likeness (QED) is 0.779. The molecule has 0 amide bonds. The Balaban J connectivity index is 2.51. The number of pyridine rings is 1. The number of hydrogen-bond donors (Lipinski definition) is 0. The fourth-order valence-electron chi connectivity index (χ4n) is 2.96. The Kier molecular flexibility index (Phi) is 4.39. The van der Waals surface area contributed by atoms with Crippen molar-refractivity contribution < 1.29 is 4.74 Å². The second-order valence-corrected chi connectivity index (χ2v) is 6.00. The molecule has 1 aromatic rings. The maximum absolute atomic E-state index is 5.72. The first-order valence-corrected chi connectivity index (χ1v) is 7.15. The monoisotopic (exact) mass is 247 g/mol. The van der Waals surface area contributed by atoms with Gasteiger partial charge in [0.05, 0.1) is 6.61 Å². The van der Waals surface area contributed by atoms with E-state index in [9.17, 15) is 0 Å². The largest absolute Gasteiger partial charge is 0.377 e. The molecule has 0 aliphatic carbocycles. The van der Waals surface area contributed by atoms with Gasteiger partial charge in [0, 0.05) is 19.0 Å². The van der Waals surface area contributed by atoms with Gasteiger partial charge >= 0.3 is 0 Å². The molecule has 0 radical (unpaired) electrons. The third kappa shape index (κ3) is 2.74. The first-order chi connectivity index (χ1) is 8.61. The van der Waals surface area contributed by atoms with Crippen molar-refractivity contribution in [2.75, 3.05) is 6.61 Å². The fraction of sp³-hybridized carbons (Fsp3) is 0.688. The summed E-state index contributed by atoms with van der Waals surface area (Å²) < 4.78 is 5.72. The van der Waals surface area contributed by atoms with E-state index in [1.807, 2.05) is 6.20 Å². The van der Waals surface area contributed by atoms with Gasteiger partial charge in [0.15, 0.2) is 0 Å². The molecular formula is C16H25NO. The fourth-order valence-corrected chi connectivity index (χ4v) is 2.96. The standard InChI is InChI=1S/C16H25NO/c1-11(2)14-6-5-7-18-10-13-8-17-9-15(12(3)4)16(13)14/h8-9,11-12,14H,5-7,10H2,1-4H3. The Morgan fingerprint density at radius 1 is 1.22 bits per heavy atom. The Morgan fingerprint density at radius 3 is 2.67 bits per heavy atom. The highest BCUT2D eigenvalue weighted by molar-refractivity contribution is 5.37. The van der Waals surface area contributed by atoms with Crippen LogP contribution in [0.25, 0.3) is 0 Å². The summed E-state index contributed by atoms with van der Waals surface area (Å²) in [5.74, 6) is 1.87. The van der Waals surface area contributed by atoms with Crippen molar-refractivity contribution in [3.8, 4) is 0 Å². The molecular weight excluding hydrogens is 222 g/mol.